The van der Waals surface area contributed by atoms with Crippen LogP contribution >= 0.6 is 24.0 Å². The van der Waals surface area contributed by atoms with Crippen LogP contribution in [0.5, 0.6) is 5.75 Å². The topological polar surface area (TPSA) is 46.1 Å². The second-order valence-corrected chi connectivity index (χ2v) is 6.49. The van der Waals surface area contributed by atoms with Crippen molar-refractivity contribution in [2.45, 2.75) is 26.3 Å². The largest absolute Gasteiger partial charge is 0.497 e. The van der Waals surface area contributed by atoms with Crippen LogP contribution in [0.3, 0.4) is 0 Å². The molecule has 5 nitrogen and oxygen atoms in total. The summed E-state index contributed by atoms with van der Waals surface area (Å²) in [4.78, 5) is 7.22. The quantitative estimate of drug-likeness (QED) is 0.440. The van der Waals surface area contributed by atoms with Gasteiger partial charge in [-0.3, -0.25) is 0 Å². The molecule has 2 fully saturated rings. The van der Waals surface area contributed by atoms with E-state index in [0.29, 0.717) is 12.0 Å². The number of hydrogen-bond acceptors (Lipinski definition) is 3. The van der Waals surface area contributed by atoms with Crippen molar-refractivity contribution < 1.29 is 9.47 Å². The first-order valence-electron chi connectivity index (χ1n) is 8.49. The lowest BCUT2D eigenvalue weighted by atomic mass is 9.87. The summed E-state index contributed by atoms with van der Waals surface area (Å²) in [5, 5.41) is 3.43. The van der Waals surface area contributed by atoms with E-state index in [1.54, 1.807) is 7.11 Å². The zero-order valence-electron chi connectivity index (χ0n) is 14.6. The first kappa shape index (κ1) is 19.3. The Labute approximate surface area is 161 Å². The zero-order chi connectivity index (χ0) is 16.1. The number of guanidine groups is 1. The van der Waals surface area contributed by atoms with Crippen molar-refractivity contribution in [2.75, 3.05) is 40.0 Å². The molecule has 1 aromatic rings. The van der Waals surface area contributed by atoms with Crippen LogP contribution in [0.4, 0.5) is 0 Å². The Kier molecular flexibility index (Phi) is 7.16. The van der Waals surface area contributed by atoms with Gasteiger partial charge in [-0.2, -0.15) is 0 Å². The fourth-order valence-electron chi connectivity index (χ4n) is 3.41. The smallest absolute Gasteiger partial charge is 0.194 e. The Bertz CT molecular complexity index is 542. The standard InChI is InChI=1S/C18H27N3O2.HI/c1-3-19-17(20-12-15-4-6-16(22-2)7-5-15)21-10-8-18(13-21)9-11-23-14-18;/h4-7H,3,8-14H2,1-2H3,(H,19,20);1H. The van der Waals surface area contributed by atoms with Crippen molar-refractivity contribution in [1.29, 1.82) is 0 Å². The van der Waals surface area contributed by atoms with Crippen LogP contribution in [-0.2, 0) is 11.3 Å². The van der Waals surface area contributed by atoms with Crippen LogP contribution in [0.15, 0.2) is 29.3 Å². The molecular weight excluding hydrogens is 417 g/mol. The Morgan fingerprint density at radius 3 is 2.75 bits per heavy atom. The highest BCUT2D eigenvalue weighted by atomic mass is 127. The molecule has 1 unspecified atom stereocenters. The molecule has 3 rings (SSSR count). The minimum absolute atomic E-state index is 0. The van der Waals surface area contributed by atoms with Crippen LogP contribution in [0.1, 0.15) is 25.3 Å². The van der Waals surface area contributed by atoms with Gasteiger partial charge in [-0.1, -0.05) is 12.1 Å². The highest BCUT2D eigenvalue weighted by molar-refractivity contribution is 14.0. The number of hydrogen-bond donors (Lipinski definition) is 1. The van der Waals surface area contributed by atoms with Crippen LogP contribution in [0, 0.1) is 5.41 Å². The molecule has 24 heavy (non-hydrogen) atoms. The van der Waals surface area contributed by atoms with Gasteiger partial charge in [0.05, 0.1) is 20.3 Å². The van der Waals surface area contributed by atoms with Gasteiger partial charge in [-0.15, -0.1) is 24.0 Å². The Morgan fingerprint density at radius 1 is 1.33 bits per heavy atom. The number of ether oxygens (including phenoxy) is 2. The molecule has 1 atom stereocenters. The van der Waals surface area contributed by atoms with E-state index in [1.165, 1.54) is 18.4 Å². The van der Waals surface area contributed by atoms with E-state index in [0.717, 1.165) is 44.6 Å². The first-order valence-corrected chi connectivity index (χ1v) is 8.49. The van der Waals surface area contributed by atoms with E-state index < -0.39 is 0 Å². The molecule has 2 saturated heterocycles. The SMILES string of the molecule is CCNC(=NCc1ccc(OC)cc1)N1CCC2(CCOC2)C1.I. The molecule has 1 spiro atoms. The number of benzene rings is 1. The molecule has 1 aromatic carbocycles. The molecule has 2 aliphatic rings. The average molecular weight is 445 g/mol. The number of halogens is 1. The van der Waals surface area contributed by atoms with Crippen LogP contribution in [-0.4, -0.2) is 50.8 Å². The molecule has 134 valence electrons. The third-order valence-corrected chi connectivity index (χ3v) is 4.83. The summed E-state index contributed by atoms with van der Waals surface area (Å²) in [6.45, 7) is 7.63. The van der Waals surface area contributed by atoms with E-state index in [4.69, 9.17) is 14.5 Å². The Hall–Kier alpha value is -1.02. The first-order chi connectivity index (χ1) is 11.2. The molecule has 0 amide bonds. The average Bonchev–Trinajstić information content (AvgIpc) is 3.22. The summed E-state index contributed by atoms with van der Waals surface area (Å²) in [6, 6.07) is 8.11. The summed E-state index contributed by atoms with van der Waals surface area (Å²) in [7, 11) is 1.69. The van der Waals surface area contributed by atoms with E-state index >= 15 is 0 Å². The summed E-state index contributed by atoms with van der Waals surface area (Å²) in [5.74, 6) is 1.90. The van der Waals surface area contributed by atoms with Gasteiger partial charge in [0.1, 0.15) is 5.75 Å². The molecule has 6 heteroatoms. The van der Waals surface area contributed by atoms with E-state index in [1.807, 2.05) is 12.1 Å². The molecule has 0 bridgehead atoms. The molecule has 0 aromatic heterocycles. The van der Waals surface area contributed by atoms with Gasteiger partial charge in [0.15, 0.2) is 5.96 Å². The third-order valence-electron chi connectivity index (χ3n) is 4.83. The van der Waals surface area contributed by atoms with Gasteiger partial charge in [-0.05, 0) is 37.5 Å². The van der Waals surface area contributed by atoms with Crippen LogP contribution in [0.2, 0.25) is 0 Å². The molecular formula is C18H28IN3O2. The van der Waals surface area contributed by atoms with Gasteiger partial charge in [-0.25, -0.2) is 4.99 Å². The number of likely N-dealkylation sites (tertiary alicyclic amines) is 1. The molecule has 2 aliphatic heterocycles. The number of nitrogens with one attached hydrogen (secondary N) is 1. The van der Waals surface area contributed by atoms with Gasteiger partial charge < -0.3 is 19.7 Å². The summed E-state index contributed by atoms with van der Waals surface area (Å²) in [5.41, 5.74) is 1.55. The monoisotopic (exact) mass is 445 g/mol. The highest BCUT2D eigenvalue weighted by Crippen LogP contribution is 2.38. The minimum atomic E-state index is 0. The number of rotatable bonds is 4. The second kappa shape index (κ2) is 8.89. The maximum atomic E-state index is 5.62. The zero-order valence-corrected chi connectivity index (χ0v) is 16.9. The molecule has 0 saturated carbocycles. The van der Waals surface area contributed by atoms with Gasteiger partial charge >= 0.3 is 0 Å². The van der Waals surface area contributed by atoms with Crippen molar-refractivity contribution in [1.82, 2.24) is 10.2 Å². The van der Waals surface area contributed by atoms with Crippen molar-refractivity contribution >= 4 is 29.9 Å². The predicted octanol–water partition coefficient (Wildman–Crippen LogP) is 2.89. The third kappa shape index (κ3) is 4.53. The fourth-order valence-corrected chi connectivity index (χ4v) is 3.41. The highest BCUT2D eigenvalue weighted by Gasteiger charge is 2.42. The van der Waals surface area contributed by atoms with E-state index in [9.17, 15) is 0 Å². The summed E-state index contributed by atoms with van der Waals surface area (Å²) in [6.07, 6.45) is 2.39. The maximum absolute atomic E-state index is 5.62. The molecule has 0 aliphatic carbocycles. The van der Waals surface area contributed by atoms with Crippen molar-refractivity contribution in [2.24, 2.45) is 10.4 Å². The number of aliphatic imine (C=N–C) groups is 1. The molecule has 1 N–H and O–H groups in total. The molecule has 2 heterocycles. The number of nitrogens with zero attached hydrogens (tertiary/aromatic N) is 2. The van der Waals surface area contributed by atoms with E-state index in [-0.39, 0.29) is 24.0 Å². The van der Waals surface area contributed by atoms with Crippen LogP contribution in [0.25, 0.3) is 0 Å². The lowest BCUT2D eigenvalue weighted by molar-refractivity contribution is 0.156. The maximum Gasteiger partial charge on any atom is 0.194 e. The van der Waals surface area contributed by atoms with E-state index in [2.05, 4.69) is 29.3 Å². The number of methoxy groups -OCH3 is 1. The Balaban J connectivity index is 0.00000208. The van der Waals surface area contributed by atoms with Crippen molar-refractivity contribution in [3.8, 4) is 5.75 Å². The minimum Gasteiger partial charge on any atom is -0.497 e. The van der Waals surface area contributed by atoms with Gasteiger partial charge in [0, 0.05) is 31.7 Å². The lowest BCUT2D eigenvalue weighted by Crippen LogP contribution is -2.41. The normalized spacial score (nSPS) is 23.4. The molecule has 0 radical (unpaired) electrons. The fraction of sp³-hybridized carbons (Fsp3) is 0.611. The summed E-state index contributed by atoms with van der Waals surface area (Å²) >= 11 is 0. The predicted molar refractivity (Wildman–Crippen MR) is 107 cm³/mol. The van der Waals surface area contributed by atoms with Crippen LogP contribution < -0.4 is 10.1 Å². The van der Waals surface area contributed by atoms with Gasteiger partial charge in [0.2, 0.25) is 0 Å². The Morgan fingerprint density at radius 2 is 2.12 bits per heavy atom. The second-order valence-electron chi connectivity index (χ2n) is 6.49. The lowest BCUT2D eigenvalue weighted by Gasteiger charge is -2.25. The van der Waals surface area contributed by atoms with Gasteiger partial charge in [0.25, 0.3) is 0 Å². The van der Waals surface area contributed by atoms with Crippen molar-refractivity contribution in [3.05, 3.63) is 29.8 Å². The summed E-state index contributed by atoms with van der Waals surface area (Å²) < 4.78 is 10.8. The van der Waals surface area contributed by atoms with Crippen molar-refractivity contribution in [3.63, 3.8) is 0 Å².